The molecule has 0 saturated carbocycles. The van der Waals surface area contributed by atoms with Crippen LogP contribution in [0.3, 0.4) is 0 Å². The summed E-state index contributed by atoms with van der Waals surface area (Å²) in [7, 11) is 0. The minimum Gasteiger partial charge on any atom is -0.484 e. The lowest BCUT2D eigenvalue weighted by Crippen LogP contribution is -1.96. The van der Waals surface area contributed by atoms with E-state index in [1.807, 2.05) is 24.3 Å². The van der Waals surface area contributed by atoms with Crippen molar-refractivity contribution in [1.29, 1.82) is 0 Å². The predicted molar refractivity (Wildman–Crippen MR) is 82.4 cm³/mol. The van der Waals surface area contributed by atoms with Gasteiger partial charge in [0.1, 0.15) is 5.75 Å². The van der Waals surface area contributed by atoms with E-state index in [-0.39, 0.29) is 6.61 Å². The summed E-state index contributed by atoms with van der Waals surface area (Å²) in [5, 5.41) is 3.93. The maximum absolute atomic E-state index is 5.66. The van der Waals surface area contributed by atoms with Gasteiger partial charge in [0.15, 0.2) is 6.61 Å². The van der Waals surface area contributed by atoms with Gasteiger partial charge in [0.05, 0.1) is 0 Å². The Labute approximate surface area is 129 Å². The summed E-state index contributed by atoms with van der Waals surface area (Å²) in [4.78, 5) is 8.33. The molecule has 0 unspecified atom stereocenters. The van der Waals surface area contributed by atoms with Crippen LogP contribution in [0, 0.1) is 0 Å². The molecule has 5 heteroatoms. The van der Waals surface area contributed by atoms with Gasteiger partial charge in [-0.1, -0.05) is 31.1 Å². The molecule has 0 spiro atoms. The number of hydrogen-bond acceptors (Lipinski definition) is 5. The van der Waals surface area contributed by atoms with Crippen LogP contribution < -0.4 is 4.74 Å². The number of hydrogen-bond donors (Lipinski definition) is 0. The van der Waals surface area contributed by atoms with Gasteiger partial charge in [0, 0.05) is 18.0 Å². The predicted octanol–water partition coefficient (Wildman–Crippen LogP) is 3.83. The standard InChI is InChI=1S/C17H17N3O2/c1-12(2)13-5-7-15(8-6-13)21-11-16-19-17(20-22-16)14-4-3-9-18-10-14/h3-10,12H,11H2,1-2H3. The Morgan fingerprint density at radius 1 is 1.14 bits per heavy atom. The number of nitrogens with zero attached hydrogens (tertiary/aromatic N) is 3. The number of rotatable bonds is 5. The first-order chi connectivity index (χ1) is 10.7. The highest BCUT2D eigenvalue weighted by molar-refractivity contribution is 5.51. The second kappa shape index (κ2) is 6.39. The van der Waals surface area contributed by atoms with Crippen LogP contribution in [0.1, 0.15) is 31.2 Å². The molecular formula is C17H17N3O2. The Hall–Kier alpha value is -2.69. The lowest BCUT2D eigenvalue weighted by Gasteiger charge is -2.07. The second-order valence-corrected chi connectivity index (χ2v) is 5.27. The summed E-state index contributed by atoms with van der Waals surface area (Å²) in [5.74, 6) is 2.24. The van der Waals surface area contributed by atoms with Gasteiger partial charge >= 0.3 is 0 Å². The van der Waals surface area contributed by atoms with Crippen LogP contribution >= 0.6 is 0 Å². The molecule has 1 aromatic carbocycles. The maximum atomic E-state index is 5.66. The SMILES string of the molecule is CC(C)c1ccc(OCc2nc(-c3cccnc3)no2)cc1. The first kappa shape index (κ1) is 14.3. The molecule has 0 amide bonds. The molecule has 2 heterocycles. The van der Waals surface area contributed by atoms with Gasteiger partial charge in [-0.3, -0.25) is 4.98 Å². The molecule has 112 valence electrons. The van der Waals surface area contributed by atoms with Crippen LogP contribution in [0.5, 0.6) is 5.75 Å². The first-order valence-corrected chi connectivity index (χ1v) is 7.18. The molecule has 0 aliphatic heterocycles. The largest absolute Gasteiger partial charge is 0.484 e. The smallest absolute Gasteiger partial charge is 0.264 e. The number of benzene rings is 1. The summed E-state index contributed by atoms with van der Waals surface area (Å²) < 4.78 is 10.9. The molecule has 2 aromatic heterocycles. The van der Waals surface area contributed by atoms with Crippen LogP contribution in [0.25, 0.3) is 11.4 Å². The van der Waals surface area contributed by atoms with E-state index >= 15 is 0 Å². The normalized spacial score (nSPS) is 10.9. The van der Waals surface area contributed by atoms with E-state index in [0.717, 1.165) is 11.3 Å². The third-order valence-electron chi connectivity index (χ3n) is 3.30. The summed E-state index contributed by atoms with van der Waals surface area (Å²) in [6.07, 6.45) is 3.40. The highest BCUT2D eigenvalue weighted by atomic mass is 16.5. The van der Waals surface area contributed by atoms with Crippen molar-refractivity contribution < 1.29 is 9.26 Å². The van der Waals surface area contributed by atoms with Crippen molar-refractivity contribution in [1.82, 2.24) is 15.1 Å². The lowest BCUT2D eigenvalue weighted by molar-refractivity contribution is 0.243. The number of pyridine rings is 1. The zero-order valence-corrected chi connectivity index (χ0v) is 12.6. The second-order valence-electron chi connectivity index (χ2n) is 5.27. The Morgan fingerprint density at radius 3 is 2.64 bits per heavy atom. The summed E-state index contributed by atoms with van der Waals surface area (Å²) in [6.45, 7) is 4.57. The van der Waals surface area contributed by atoms with Gasteiger partial charge in [-0.05, 0) is 35.7 Å². The molecule has 0 N–H and O–H groups in total. The van der Waals surface area contributed by atoms with Crippen LogP contribution in [0.15, 0.2) is 53.3 Å². The molecule has 0 bridgehead atoms. The molecule has 0 atom stereocenters. The number of ether oxygens (including phenoxy) is 1. The van der Waals surface area contributed by atoms with Crippen molar-refractivity contribution in [2.24, 2.45) is 0 Å². The molecule has 3 rings (SSSR count). The summed E-state index contributed by atoms with van der Waals surface area (Å²) in [6, 6.07) is 11.7. The molecule has 0 aliphatic carbocycles. The van der Waals surface area contributed by atoms with Crippen molar-refractivity contribution >= 4 is 0 Å². The highest BCUT2D eigenvalue weighted by Crippen LogP contribution is 2.20. The highest BCUT2D eigenvalue weighted by Gasteiger charge is 2.09. The fraction of sp³-hybridized carbons (Fsp3) is 0.235. The minimum absolute atomic E-state index is 0.244. The fourth-order valence-electron chi connectivity index (χ4n) is 2.02. The molecule has 0 saturated heterocycles. The molecule has 22 heavy (non-hydrogen) atoms. The zero-order valence-electron chi connectivity index (χ0n) is 12.6. The Balaban J connectivity index is 1.63. The zero-order chi connectivity index (χ0) is 15.4. The van der Waals surface area contributed by atoms with Crippen LogP contribution in [-0.4, -0.2) is 15.1 Å². The van der Waals surface area contributed by atoms with E-state index in [1.54, 1.807) is 12.4 Å². The minimum atomic E-state index is 0.244. The lowest BCUT2D eigenvalue weighted by atomic mass is 10.0. The van der Waals surface area contributed by atoms with Crippen molar-refractivity contribution in [2.75, 3.05) is 0 Å². The monoisotopic (exact) mass is 295 g/mol. The van der Waals surface area contributed by atoms with E-state index in [9.17, 15) is 0 Å². The van der Waals surface area contributed by atoms with Crippen LogP contribution in [0.4, 0.5) is 0 Å². The van der Waals surface area contributed by atoms with E-state index in [2.05, 4.69) is 41.1 Å². The first-order valence-electron chi connectivity index (χ1n) is 7.18. The average Bonchev–Trinajstić information content (AvgIpc) is 3.03. The molecule has 0 radical (unpaired) electrons. The Kier molecular flexibility index (Phi) is 4.14. The van der Waals surface area contributed by atoms with Gasteiger partial charge in [0.2, 0.25) is 5.82 Å². The molecular weight excluding hydrogens is 278 g/mol. The third kappa shape index (κ3) is 3.31. The van der Waals surface area contributed by atoms with Gasteiger partial charge in [-0.2, -0.15) is 4.98 Å². The molecule has 3 aromatic rings. The van der Waals surface area contributed by atoms with Crippen LogP contribution in [-0.2, 0) is 6.61 Å². The molecule has 0 fully saturated rings. The quantitative estimate of drug-likeness (QED) is 0.715. The van der Waals surface area contributed by atoms with Gasteiger partial charge in [-0.15, -0.1) is 0 Å². The molecule has 0 aliphatic rings. The van der Waals surface area contributed by atoms with E-state index < -0.39 is 0 Å². The average molecular weight is 295 g/mol. The van der Waals surface area contributed by atoms with Gasteiger partial charge < -0.3 is 9.26 Å². The van der Waals surface area contributed by atoms with Gasteiger partial charge in [0.25, 0.3) is 5.89 Å². The van der Waals surface area contributed by atoms with Crippen molar-refractivity contribution in [3.05, 3.63) is 60.2 Å². The van der Waals surface area contributed by atoms with E-state index in [0.29, 0.717) is 17.6 Å². The van der Waals surface area contributed by atoms with E-state index in [1.165, 1.54) is 5.56 Å². The van der Waals surface area contributed by atoms with Crippen molar-refractivity contribution in [2.45, 2.75) is 26.4 Å². The Morgan fingerprint density at radius 2 is 1.95 bits per heavy atom. The summed E-state index contributed by atoms with van der Waals surface area (Å²) >= 11 is 0. The molecule has 5 nitrogen and oxygen atoms in total. The van der Waals surface area contributed by atoms with Crippen LogP contribution in [0.2, 0.25) is 0 Å². The maximum Gasteiger partial charge on any atom is 0.264 e. The fourth-order valence-corrected chi connectivity index (χ4v) is 2.02. The van der Waals surface area contributed by atoms with Crippen molar-refractivity contribution in [3.63, 3.8) is 0 Å². The summed E-state index contributed by atoms with van der Waals surface area (Å²) in [5.41, 5.74) is 2.10. The topological polar surface area (TPSA) is 61.0 Å². The van der Waals surface area contributed by atoms with E-state index in [4.69, 9.17) is 9.26 Å². The van der Waals surface area contributed by atoms with Crippen molar-refractivity contribution in [3.8, 4) is 17.1 Å². The number of aromatic nitrogens is 3. The third-order valence-corrected chi connectivity index (χ3v) is 3.30. The van der Waals surface area contributed by atoms with Gasteiger partial charge in [-0.25, -0.2) is 0 Å². The Bertz CT molecular complexity index is 721.